The summed E-state index contributed by atoms with van der Waals surface area (Å²) in [7, 11) is -3.30. The van der Waals surface area contributed by atoms with Crippen molar-refractivity contribution in [3.8, 4) is 0 Å². The number of anilines is 1. The van der Waals surface area contributed by atoms with Gasteiger partial charge in [0.05, 0.1) is 22.1 Å². The maximum atomic E-state index is 12.4. The quantitative estimate of drug-likeness (QED) is 0.734. The lowest BCUT2D eigenvalue weighted by Crippen LogP contribution is -2.27. The van der Waals surface area contributed by atoms with Crippen molar-refractivity contribution in [2.75, 3.05) is 11.6 Å². The second-order valence-electron chi connectivity index (χ2n) is 5.68. The van der Waals surface area contributed by atoms with Crippen LogP contribution in [0.4, 0.5) is 5.69 Å². The molecule has 0 radical (unpaired) electrons. The summed E-state index contributed by atoms with van der Waals surface area (Å²) in [5.41, 5.74) is 0.541. The van der Waals surface area contributed by atoms with Crippen molar-refractivity contribution in [1.82, 2.24) is 9.55 Å². The first-order valence-electron chi connectivity index (χ1n) is 7.49. The Hall–Kier alpha value is -2.71. The molecule has 0 saturated carbocycles. The first-order valence-corrected chi connectivity index (χ1v) is 9.76. The van der Waals surface area contributed by atoms with Crippen molar-refractivity contribution in [2.24, 2.45) is 0 Å². The smallest absolute Gasteiger partial charge is 0.261 e. The van der Waals surface area contributed by atoms with Crippen LogP contribution >= 0.6 is 11.6 Å². The number of nitrogens with zero attached hydrogens (tertiary/aromatic N) is 2. The number of sulfone groups is 1. The maximum absolute atomic E-state index is 12.4. The topological polar surface area (TPSA) is 98.1 Å². The van der Waals surface area contributed by atoms with Gasteiger partial charge in [-0.05, 0) is 42.5 Å². The van der Waals surface area contributed by atoms with Gasteiger partial charge in [0, 0.05) is 17.0 Å². The predicted molar refractivity (Wildman–Crippen MR) is 99.2 cm³/mol. The third-order valence-corrected chi connectivity index (χ3v) is 5.03. The molecule has 0 aliphatic rings. The molecule has 3 rings (SSSR count). The fraction of sp³-hybridized carbons (Fsp3) is 0.118. The van der Waals surface area contributed by atoms with Gasteiger partial charge >= 0.3 is 0 Å². The number of hydrogen-bond acceptors (Lipinski definition) is 5. The Morgan fingerprint density at radius 2 is 1.88 bits per heavy atom. The standard InChI is InChI=1S/C17H14ClN3O4S/c1-26(24,25)13-5-3-12(4-6-13)20-16(22)9-21-10-19-15-7-2-11(18)8-14(15)17(21)23/h2-8,10H,9H2,1H3,(H,20,22). The molecule has 7 nitrogen and oxygen atoms in total. The number of carbonyl (C=O) groups is 1. The van der Waals surface area contributed by atoms with Gasteiger partial charge in [0.1, 0.15) is 6.54 Å². The third-order valence-electron chi connectivity index (χ3n) is 3.67. The van der Waals surface area contributed by atoms with Crippen LogP contribution in [0.25, 0.3) is 10.9 Å². The van der Waals surface area contributed by atoms with Gasteiger partial charge in [-0.15, -0.1) is 0 Å². The van der Waals surface area contributed by atoms with E-state index in [9.17, 15) is 18.0 Å². The highest BCUT2D eigenvalue weighted by molar-refractivity contribution is 7.90. The highest BCUT2D eigenvalue weighted by Gasteiger charge is 2.10. The van der Waals surface area contributed by atoms with Gasteiger partial charge in [-0.25, -0.2) is 13.4 Å². The number of halogens is 1. The molecule has 1 amide bonds. The van der Waals surface area contributed by atoms with Crippen LogP contribution in [-0.2, 0) is 21.2 Å². The summed E-state index contributed by atoms with van der Waals surface area (Å²) in [6.45, 7) is -0.234. The summed E-state index contributed by atoms with van der Waals surface area (Å²) in [4.78, 5) is 28.9. The molecule has 0 saturated heterocycles. The first-order chi connectivity index (χ1) is 12.2. The number of carbonyl (C=O) groups excluding carboxylic acids is 1. The van der Waals surface area contributed by atoms with E-state index < -0.39 is 15.7 Å². The molecule has 0 atom stereocenters. The lowest BCUT2D eigenvalue weighted by Gasteiger charge is -2.08. The number of benzene rings is 2. The number of nitrogens with one attached hydrogen (secondary N) is 1. The molecule has 0 aliphatic carbocycles. The summed E-state index contributed by atoms with van der Waals surface area (Å²) in [6.07, 6.45) is 2.40. The minimum Gasteiger partial charge on any atom is -0.325 e. The number of aromatic nitrogens is 2. The van der Waals surface area contributed by atoms with Crippen molar-refractivity contribution in [3.05, 3.63) is 64.2 Å². The molecule has 1 N–H and O–H groups in total. The third kappa shape index (κ3) is 3.92. The Kier molecular flexibility index (Phi) is 4.80. The van der Waals surface area contributed by atoms with E-state index in [0.717, 1.165) is 6.26 Å². The van der Waals surface area contributed by atoms with E-state index in [0.29, 0.717) is 21.6 Å². The molecule has 0 aliphatic heterocycles. The SMILES string of the molecule is CS(=O)(=O)c1ccc(NC(=O)Cn2cnc3ccc(Cl)cc3c2=O)cc1. The highest BCUT2D eigenvalue weighted by Crippen LogP contribution is 2.15. The van der Waals surface area contributed by atoms with E-state index in [2.05, 4.69) is 10.3 Å². The van der Waals surface area contributed by atoms with Gasteiger partial charge < -0.3 is 5.32 Å². The molecule has 2 aromatic carbocycles. The summed E-state index contributed by atoms with van der Waals surface area (Å²) < 4.78 is 24.0. The second kappa shape index (κ2) is 6.89. The molecule has 0 unspecified atom stereocenters. The van der Waals surface area contributed by atoms with Crippen LogP contribution in [-0.4, -0.2) is 30.1 Å². The molecular formula is C17H14ClN3O4S. The Bertz CT molecular complexity index is 1150. The fourth-order valence-electron chi connectivity index (χ4n) is 2.38. The average Bonchev–Trinajstić information content (AvgIpc) is 2.57. The molecule has 0 spiro atoms. The zero-order chi connectivity index (χ0) is 18.9. The van der Waals surface area contributed by atoms with E-state index in [4.69, 9.17) is 11.6 Å². The normalized spacial score (nSPS) is 11.5. The Labute approximate surface area is 154 Å². The molecule has 1 aromatic heterocycles. The number of rotatable bonds is 4. The molecular weight excluding hydrogens is 378 g/mol. The summed E-state index contributed by atoms with van der Waals surface area (Å²) in [5, 5.41) is 3.34. The zero-order valence-electron chi connectivity index (χ0n) is 13.6. The summed E-state index contributed by atoms with van der Waals surface area (Å²) >= 11 is 5.90. The largest absolute Gasteiger partial charge is 0.325 e. The average molecular weight is 392 g/mol. The molecule has 134 valence electrons. The molecule has 26 heavy (non-hydrogen) atoms. The zero-order valence-corrected chi connectivity index (χ0v) is 15.2. The van der Waals surface area contributed by atoms with E-state index in [-0.39, 0.29) is 17.0 Å². The van der Waals surface area contributed by atoms with Gasteiger partial charge in [-0.3, -0.25) is 14.2 Å². The second-order valence-corrected chi connectivity index (χ2v) is 8.14. The van der Waals surface area contributed by atoms with Gasteiger partial charge in [0.2, 0.25) is 5.91 Å². The van der Waals surface area contributed by atoms with Crippen molar-refractivity contribution in [2.45, 2.75) is 11.4 Å². The van der Waals surface area contributed by atoms with Crippen LogP contribution < -0.4 is 10.9 Å². The van der Waals surface area contributed by atoms with Gasteiger partial charge in [0.15, 0.2) is 9.84 Å². The number of fused-ring (bicyclic) bond motifs is 1. The van der Waals surface area contributed by atoms with E-state index in [1.165, 1.54) is 41.2 Å². The van der Waals surface area contributed by atoms with Crippen molar-refractivity contribution in [3.63, 3.8) is 0 Å². The van der Waals surface area contributed by atoms with Crippen molar-refractivity contribution >= 4 is 43.9 Å². The lowest BCUT2D eigenvalue weighted by atomic mass is 10.2. The van der Waals surface area contributed by atoms with Crippen LogP contribution in [0.3, 0.4) is 0 Å². The van der Waals surface area contributed by atoms with Crippen molar-refractivity contribution in [1.29, 1.82) is 0 Å². The van der Waals surface area contributed by atoms with Crippen molar-refractivity contribution < 1.29 is 13.2 Å². The monoisotopic (exact) mass is 391 g/mol. The van der Waals surface area contributed by atoms with E-state index >= 15 is 0 Å². The Morgan fingerprint density at radius 1 is 1.19 bits per heavy atom. The molecule has 0 fully saturated rings. The molecule has 3 aromatic rings. The minimum absolute atomic E-state index is 0.155. The van der Waals surface area contributed by atoms with Crippen LogP contribution in [0.1, 0.15) is 0 Å². The molecule has 0 bridgehead atoms. The fourth-order valence-corrected chi connectivity index (χ4v) is 3.19. The minimum atomic E-state index is -3.30. The van der Waals surface area contributed by atoms with E-state index in [1.54, 1.807) is 12.1 Å². The summed E-state index contributed by atoms with van der Waals surface area (Å²) in [5.74, 6) is -0.442. The maximum Gasteiger partial charge on any atom is 0.261 e. The summed E-state index contributed by atoms with van der Waals surface area (Å²) in [6, 6.07) is 10.5. The Morgan fingerprint density at radius 3 is 2.54 bits per heavy atom. The molecule has 1 heterocycles. The van der Waals surface area contributed by atoms with Gasteiger partial charge in [0.25, 0.3) is 5.56 Å². The van der Waals surface area contributed by atoms with Crippen LogP contribution in [0.5, 0.6) is 0 Å². The predicted octanol–water partition coefficient (Wildman–Crippen LogP) is 2.09. The first kappa shape index (κ1) is 18.1. The number of amides is 1. The molecule has 9 heteroatoms. The van der Waals surface area contributed by atoms with Crippen LogP contribution in [0, 0.1) is 0 Å². The van der Waals surface area contributed by atoms with E-state index in [1.807, 2.05) is 0 Å². The van der Waals surface area contributed by atoms with Gasteiger partial charge in [-0.1, -0.05) is 11.6 Å². The van der Waals surface area contributed by atoms with Gasteiger partial charge in [-0.2, -0.15) is 0 Å². The lowest BCUT2D eigenvalue weighted by molar-refractivity contribution is -0.116. The highest BCUT2D eigenvalue weighted by atomic mass is 35.5. The number of hydrogen-bond donors (Lipinski definition) is 1. The van der Waals surface area contributed by atoms with Crippen LogP contribution in [0.2, 0.25) is 5.02 Å². The van der Waals surface area contributed by atoms with Crippen LogP contribution in [0.15, 0.2) is 58.5 Å². The Balaban J connectivity index is 1.79.